The highest BCUT2D eigenvalue weighted by Gasteiger charge is 2.17. The third-order valence-electron chi connectivity index (χ3n) is 5.08. The van der Waals surface area contributed by atoms with E-state index in [9.17, 15) is 14.3 Å². The largest absolute Gasteiger partial charge is 0.466 e. The van der Waals surface area contributed by atoms with Crippen molar-refractivity contribution >= 4 is 13.3 Å². The van der Waals surface area contributed by atoms with Gasteiger partial charge in [-0.05, 0) is 32.1 Å². The van der Waals surface area contributed by atoms with Gasteiger partial charge in [0.15, 0.2) is 0 Å². The quantitative estimate of drug-likeness (QED) is 0.0982. The monoisotopic (exact) mass is 416 g/mol. The maximum absolute atomic E-state index is 11.5. The first-order valence-corrected chi connectivity index (χ1v) is 13.7. The van der Waals surface area contributed by atoms with E-state index in [0.717, 1.165) is 12.8 Å². The minimum absolute atomic E-state index is 0.0374. The van der Waals surface area contributed by atoms with E-state index in [0.29, 0.717) is 6.61 Å². The highest BCUT2D eigenvalue weighted by atomic mass is 31.2. The SMILES string of the molecule is CCCCCCCCC=CCCCCCCCCOC(=O)CCP(=O)(O)CC. The van der Waals surface area contributed by atoms with Gasteiger partial charge in [-0.15, -0.1) is 0 Å². The molecule has 0 aliphatic heterocycles. The minimum atomic E-state index is -3.11. The van der Waals surface area contributed by atoms with Gasteiger partial charge in [-0.2, -0.15) is 0 Å². The number of carbonyl (C=O) groups is 1. The summed E-state index contributed by atoms with van der Waals surface area (Å²) in [5, 5.41) is 0. The van der Waals surface area contributed by atoms with E-state index in [-0.39, 0.29) is 24.7 Å². The summed E-state index contributed by atoms with van der Waals surface area (Å²) in [6.07, 6.45) is 22.6. The summed E-state index contributed by atoms with van der Waals surface area (Å²) in [6, 6.07) is 0. The third kappa shape index (κ3) is 20.1. The fourth-order valence-electron chi connectivity index (χ4n) is 3.03. The molecule has 0 saturated carbocycles. The van der Waals surface area contributed by atoms with Crippen LogP contribution >= 0.6 is 7.37 Å². The smallest absolute Gasteiger partial charge is 0.306 e. The van der Waals surface area contributed by atoms with E-state index in [1.807, 2.05) is 0 Å². The van der Waals surface area contributed by atoms with Gasteiger partial charge in [0.25, 0.3) is 0 Å². The van der Waals surface area contributed by atoms with Gasteiger partial charge in [0.2, 0.25) is 7.37 Å². The summed E-state index contributed by atoms with van der Waals surface area (Å²) in [6.45, 7) is 4.36. The lowest BCUT2D eigenvalue weighted by Gasteiger charge is -2.08. The predicted molar refractivity (Wildman–Crippen MR) is 120 cm³/mol. The number of hydrogen-bond donors (Lipinski definition) is 1. The Morgan fingerprint density at radius 1 is 0.821 bits per heavy atom. The highest BCUT2D eigenvalue weighted by molar-refractivity contribution is 7.57. The molecular weight excluding hydrogens is 371 g/mol. The molecule has 0 aromatic heterocycles. The van der Waals surface area contributed by atoms with Gasteiger partial charge in [0.1, 0.15) is 0 Å². The molecule has 28 heavy (non-hydrogen) atoms. The Kier molecular flexibility index (Phi) is 19.3. The second-order valence-corrected chi connectivity index (χ2v) is 10.6. The molecule has 0 saturated heterocycles. The fourth-order valence-corrected chi connectivity index (χ4v) is 3.88. The Balaban J connectivity index is 3.28. The summed E-state index contributed by atoms with van der Waals surface area (Å²) in [4.78, 5) is 20.9. The molecular formula is C23H45O4P. The Bertz CT molecular complexity index is 434. The molecule has 166 valence electrons. The lowest BCUT2D eigenvalue weighted by molar-refractivity contribution is -0.143. The molecule has 0 fully saturated rings. The molecule has 0 aliphatic carbocycles. The number of carbonyl (C=O) groups excluding carboxylic acids is 1. The van der Waals surface area contributed by atoms with Crippen molar-refractivity contribution in [2.24, 2.45) is 0 Å². The molecule has 0 spiro atoms. The predicted octanol–water partition coefficient (Wildman–Crippen LogP) is 7.25. The number of allylic oxidation sites excluding steroid dienone is 2. The second-order valence-electron chi connectivity index (χ2n) is 7.79. The first-order chi connectivity index (χ1) is 13.5. The van der Waals surface area contributed by atoms with Gasteiger partial charge in [-0.1, -0.05) is 83.8 Å². The molecule has 0 heterocycles. The van der Waals surface area contributed by atoms with E-state index in [4.69, 9.17) is 4.74 Å². The molecule has 0 amide bonds. The number of rotatable bonds is 20. The molecule has 1 unspecified atom stereocenters. The van der Waals surface area contributed by atoms with E-state index in [1.165, 1.54) is 77.0 Å². The zero-order chi connectivity index (χ0) is 20.9. The number of esters is 1. The first-order valence-electron chi connectivity index (χ1n) is 11.6. The number of unbranched alkanes of at least 4 members (excludes halogenated alkanes) is 12. The summed E-state index contributed by atoms with van der Waals surface area (Å²) >= 11 is 0. The van der Waals surface area contributed by atoms with Crippen molar-refractivity contribution in [3.8, 4) is 0 Å². The zero-order valence-corrected chi connectivity index (χ0v) is 19.4. The molecule has 0 rings (SSSR count). The van der Waals surface area contributed by atoms with Crippen molar-refractivity contribution in [1.29, 1.82) is 0 Å². The molecule has 1 atom stereocenters. The van der Waals surface area contributed by atoms with Crippen molar-refractivity contribution < 1.29 is 19.0 Å². The Morgan fingerprint density at radius 3 is 1.86 bits per heavy atom. The second kappa shape index (κ2) is 19.7. The topological polar surface area (TPSA) is 63.6 Å². The van der Waals surface area contributed by atoms with Crippen LogP contribution in [0.3, 0.4) is 0 Å². The molecule has 0 aromatic rings. The van der Waals surface area contributed by atoms with Crippen LogP contribution in [0.25, 0.3) is 0 Å². The van der Waals surface area contributed by atoms with Crippen LogP contribution in [0.15, 0.2) is 12.2 Å². The zero-order valence-electron chi connectivity index (χ0n) is 18.5. The van der Waals surface area contributed by atoms with E-state index < -0.39 is 7.37 Å². The lowest BCUT2D eigenvalue weighted by atomic mass is 10.1. The lowest BCUT2D eigenvalue weighted by Crippen LogP contribution is -2.08. The summed E-state index contributed by atoms with van der Waals surface area (Å²) in [7, 11) is -3.11. The van der Waals surface area contributed by atoms with Crippen LogP contribution in [0.5, 0.6) is 0 Å². The van der Waals surface area contributed by atoms with Gasteiger partial charge in [0.05, 0.1) is 13.0 Å². The van der Waals surface area contributed by atoms with E-state index in [2.05, 4.69) is 19.1 Å². The van der Waals surface area contributed by atoms with Crippen molar-refractivity contribution in [2.75, 3.05) is 18.9 Å². The normalized spacial score (nSPS) is 13.7. The third-order valence-corrected chi connectivity index (χ3v) is 6.99. The van der Waals surface area contributed by atoms with Crippen molar-refractivity contribution in [2.45, 2.75) is 110 Å². The fraction of sp³-hybridized carbons (Fsp3) is 0.870. The number of ether oxygens (including phenoxy) is 1. The maximum atomic E-state index is 11.5. The highest BCUT2D eigenvalue weighted by Crippen LogP contribution is 2.40. The van der Waals surface area contributed by atoms with Gasteiger partial charge >= 0.3 is 5.97 Å². The Morgan fingerprint density at radius 2 is 1.32 bits per heavy atom. The van der Waals surface area contributed by atoms with Crippen LogP contribution in [0.4, 0.5) is 0 Å². The van der Waals surface area contributed by atoms with Crippen LogP contribution in [0.1, 0.15) is 110 Å². The molecule has 0 aliphatic rings. The van der Waals surface area contributed by atoms with Crippen LogP contribution < -0.4 is 0 Å². The maximum Gasteiger partial charge on any atom is 0.306 e. The van der Waals surface area contributed by atoms with Crippen LogP contribution in [-0.2, 0) is 14.1 Å². The van der Waals surface area contributed by atoms with Crippen LogP contribution in [0, 0.1) is 0 Å². The van der Waals surface area contributed by atoms with E-state index in [1.54, 1.807) is 6.92 Å². The van der Waals surface area contributed by atoms with Gasteiger partial charge in [0, 0.05) is 12.3 Å². The standard InChI is InChI=1S/C23H45O4P/c1-3-5-6-7-8-9-10-11-12-13-14-15-16-17-18-19-21-27-23(24)20-22-28(25,26)4-2/h11-12H,3-10,13-22H2,1-2H3,(H,25,26). The average Bonchev–Trinajstić information content (AvgIpc) is 2.69. The molecule has 5 heteroatoms. The summed E-state index contributed by atoms with van der Waals surface area (Å²) in [5.41, 5.74) is 0. The van der Waals surface area contributed by atoms with Gasteiger partial charge in [-0.3, -0.25) is 9.36 Å². The molecule has 0 radical (unpaired) electrons. The van der Waals surface area contributed by atoms with Crippen LogP contribution in [-0.4, -0.2) is 29.8 Å². The minimum Gasteiger partial charge on any atom is -0.466 e. The Hall–Kier alpha value is -0.600. The van der Waals surface area contributed by atoms with Crippen molar-refractivity contribution in [1.82, 2.24) is 0 Å². The van der Waals surface area contributed by atoms with Gasteiger partial charge < -0.3 is 9.63 Å². The van der Waals surface area contributed by atoms with E-state index >= 15 is 0 Å². The molecule has 1 N–H and O–H groups in total. The average molecular weight is 417 g/mol. The molecule has 0 bridgehead atoms. The Labute approximate surface area is 174 Å². The van der Waals surface area contributed by atoms with Gasteiger partial charge in [-0.25, -0.2) is 0 Å². The van der Waals surface area contributed by atoms with Crippen molar-refractivity contribution in [3.63, 3.8) is 0 Å². The summed E-state index contributed by atoms with van der Waals surface area (Å²) in [5.74, 6) is -0.351. The van der Waals surface area contributed by atoms with Crippen LogP contribution in [0.2, 0.25) is 0 Å². The number of hydrogen-bond acceptors (Lipinski definition) is 3. The molecule has 4 nitrogen and oxygen atoms in total. The molecule has 0 aromatic carbocycles. The first kappa shape index (κ1) is 27.4. The van der Waals surface area contributed by atoms with Crippen molar-refractivity contribution in [3.05, 3.63) is 12.2 Å². The summed E-state index contributed by atoms with van der Waals surface area (Å²) < 4.78 is 16.6.